The number of carboxylic acid groups (broad SMARTS) is 4. The quantitative estimate of drug-likeness (QED) is 0.291. The van der Waals surface area contributed by atoms with E-state index < -0.39 is 23.9 Å². The Morgan fingerprint density at radius 2 is 1.36 bits per heavy atom. The van der Waals surface area contributed by atoms with Gasteiger partial charge in [0.1, 0.15) is 43.0 Å². The van der Waals surface area contributed by atoms with Gasteiger partial charge in [0.15, 0.2) is 17.6 Å². The van der Waals surface area contributed by atoms with Gasteiger partial charge in [-0.25, -0.2) is 9.78 Å². The molecule has 0 unspecified atom stereocenters. The molecule has 0 radical (unpaired) electrons. The molecule has 0 aliphatic carbocycles. The van der Waals surface area contributed by atoms with E-state index in [2.05, 4.69) is 18.8 Å². The van der Waals surface area contributed by atoms with Crippen LogP contribution in [0.2, 0.25) is 0 Å². The van der Waals surface area contributed by atoms with Crippen molar-refractivity contribution < 1.29 is 53.1 Å². The normalized spacial score (nSPS) is 14.7. The third-order valence-electron chi connectivity index (χ3n) is 6.83. The Morgan fingerprint density at radius 1 is 0.800 bits per heavy atom. The van der Waals surface area contributed by atoms with Crippen LogP contribution in [-0.2, 0) is 16.6 Å². The number of unbranched alkanes of at least 4 members (excludes halogenated alkanes) is 2. The number of likely N-dealkylation sites (N-methyl/N-ethyl adjacent to an activating group) is 1. The number of nitrogens with zero attached hydrogens (tertiary/aromatic N) is 4. The molecule has 4 rings (SSSR count). The molecule has 4 heterocycles. The molecule has 1 N–H and O–H groups in total. The summed E-state index contributed by atoms with van der Waals surface area (Å²) in [5.74, 6) is -4.27. The average molecular weight is 623 g/mol. The van der Waals surface area contributed by atoms with Crippen LogP contribution in [0.1, 0.15) is 60.5 Å². The van der Waals surface area contributed by atoms with Crippen molar-refractivity contribution in [2.45, 2.75) is 39.5 Å². The van der Waals surface area contributed by atoms with E-state index in [0.717, 1.165) is 38.8 Å². The first-order valence-electron chi connectivity index (χ1n) is 14.5. The Bertz CT molecular complexity index is 1420. The lowest BCUT2D eigenvalue weighted by molar-refractivity contribution is -0.837. The Labute approximate surface area is 264 Å². The maximum absolute atomic E-state index is 11.1. The summed E-state index contributed by atoms with van der Waals surface area (Å²) in [6, 6.07) is 9.66. The highest BCUT2D eigenvalue weighted by Crippen LogP contribution is 2.26. The summed E-state index contributed by atoms with van der Waals surface area (Å²) in [7, 11) is 5.22. The number of rotatable bonds is 10. The number of aryl methyl sites for hydroxylation is 1. The maximum Gasteiger partial charge on any atom is 0.354 e. The van der Waals surface area contributed by atoms with Crippen LogP contribution < -0.4 is 19.9 Å². The Hall–Kier alpha value is -4.94. The van der Waals surface area contributed by atoms with E-state index in [1.807, 2.05) is 12.3 Å². The molecule has 0 fully saturated rings. The van der Waals surface area contributed by atoms with Crippen molar-refractivity contribution in [2.75, 3.05) is 27.2 Å². The summed E-state index contributed by atoms with van der Waals surface area (Å²) in [6.45, 7) is 5.98. The summed E-state index contributed by atoms with van der Waals surface area (Å²) < 4.78 is 2.24. The molecule has 2 aliphatic rings. The van der Waals surface area contributed by atoms with Gasteiger partial charge in [-0.2, -0.15) is 4.57 Å². The maximum atomic E-state index is 11.1. The molecule has 0 aromatic carbocycles. The number of allylic oxidation sites excluding steroid dienone is 4. The molecule has 45 heavy (non-hydrogen) atoms. The van der Waals surface area contributed by atoms with Crippen LogP contribution in [0.5, 0.6) is 0 Å². The topological polar surface area (TPSA) is 174 Å². The number of aliphatic carboxylic acids is 2. The van der Waals surface area contributed by atoms with Crippen LogP contribution >= 0.6 is 0 Å². The number of hydrogen-bond donors (Lipinski definition) is 1. The molecule has 0 amide bonds. The van der Waals surface area contributed by atoms with E-state index in [4.69, 9.17) is 5.11 Å². The fourth-order valence-electron chi connectivity index (χ4n) is 4.31. The van der Waals surface area contributed by atoms with Gasteiger partial charge in [0.2, 0.25) is 5.69 Å². The lowest BCUT2D eigenvalue weighted by Gasteiger charge is -2.34. The van der Waals surface area contributed by atoms with Gasteiger partial charge in [0.25, 0.3) is 0 Å². The zero-order chi connectivity index (χ0) is 34.0. The monoisotopic (exact) mass is 622 g/mol. The first-order chi connectivity index (χ1) is 21.2. The largest absolute Gasteiger partial charge is 0.540 e. The molecule has 0 saturated carbocycles. The predicted molar refractivity (Wildman–Crippen MR) is 160 cm³/mol. The predicted octanol–water partition coefficient (Wildman–Crippen LogP) is 0.443. The molecule has 0 bridgehead atoms. The van der Waals surface area contributed by atoms with Crippen molar-refractivity contribution in [3.8, 4) is 0 Å². The Kier molecular flexibility index (Phi) is 15.8. The molecule has 242 valence electrons. The van der Waals surface area contributed by atoms with Crippen molar-refractivity contribution >= 4 is 23.9 Å². The van der Waals surface area contributed by atoms with Gasteiger partial charge in [0.05, 0.1) is 27.2 Å². The van der Waals surface area contributed by atoms with E-state index in [1.54, 1.807) is 76.0 Å². The molecule has 0 saturated heterocycles. The van der Waals surface area contributed by atoms with Crippen molar-refractivity contribution in [3.05, 3.63) is 108 Å². The fraction of sp³-hybridized carbons (Fsp3) is 0.333. The van der Waals surface area contributed by atoms with E-state index in [-0.39, 0.29) is 15.9 Å². The van der Waals surface area contributed by atoms with Crippen LogP contribution in [0.25, 0.3) is 0 Å². The zero-order valence-corrected chi connectivity index (χ0v) is 26.4. The number of hydrogen-bond acceptors (Lipinski definition) is 8. The first-order valence-corrected chi connectivity index (χ1v) is 14.5. The standard InChI is InChI=1S/C13H21NO2.C7H9NO2.C7H7NO2.C6H5NO2/c1-3-5-9-14(10-6-4-2)11-7-8-12(14)13(15)16;1-8(2)5-3-4-6(8)7(9)10;1-8-5-3-2-4-6(8)7(9)10;8-6(9)5-3-1-2-4-7-5/h7-8,11H,3-6,9-10H2,1-2H3;3-5H,1-2H3;2-5H,1H3;1-4H,(H,8,9). The van der Waals surface area contributed by atoms with Gasteiger partial charge in [0, 0.05) is 30.5 Å². The summed E-state index contributed by atoms with van der Waals surface area (Å²) in [5.41, 5.74) is 0.974. The summed E-state index contributed by atoms with van der Waals surface area (Å²) in [4.78, 5) is 45.5. The molecule has 2 aromatic heterocycles. The fourth-order valence-corrected chi connectivity index (χ4v) is 4.31. The van der Waals surface area contributed by atoms with Gasteiger partial charge in [-0.1, -0.05) is 32.8 Å². The third-order valence-corrected chi connectivity index (χ3v) is 6.83. The minimum absolute atomic E-state index is 0.0810. The van der Waals surface area contributed by atoms with Gasteiger partial charge in [-0.15, -0.1) is 0 Å². The highest BCUT2D eigenvalue weighted by atomic mass is 16.4. The summed E-state index contributed by atoms with van der Waals surface area (Å²) >= 11 is 0. The lowest BCUT2D eigenvalue weighted by atomic mass is 10.2. The number of pyridine rings is 2. The van der Waals surface area contributed by atoms with Crippen LogP contribution in [0, 0.1) is 0 Å². The number of carbonyl (C=O) groups is 4. The molecular formula is C33H42N4O8. The second kappa shape index (κ2) is 18.7. The first kappa shape index (κ1) is 38.1. The Balaban J connectivity index is 0.000000309. The van der Waals surface area contributed by atoms with Gasteiger partial charge in [-0.05, 0) is 43.2 Å². The van der Waals surface area contributed by atoms with Crippen LogP contribution in [-0.4, -0.2) is 70.1 Å². The number of carboxylic acids is 4. The van der Waals surface area contributed by atoms with Crippen molar-refractivity contribution in [2.24, 2.45) is 7.05 Å². The number of carbonyl (C=O) groups excluding carboxylic acids is 3. The molecule has 2 aliphatic heterocycles. The lowest BCUT2D eigenvalue weighted by Crippen LogP contribution is -2.47. The summed E-state index contributed by atoms with van der Waals surface area (Å²) in [6.07, 6.45) is 17.9. The number of aromatic nitrogens is 2. The van der Waals surface area contributed by atoms with E-state index in [1.165, 1.54) is 22.9 Å². The van der Waals surface area contributed by atoms with Gasteiger partial charge >= 0.3 is 5.97 Å². The molecule has 2 aromatic rings. The smallest absolute Gasteiger partial charge is 0.354 e. The van der Waals surface area contributed by atoms with Gasteiger partial charge < -0.3 is 34.8 Å². The minimum Gasteiger partial charge on any atom is -0.540 e. The highest BCUT2D eigenvalue weighted by molar-refractivity contribution is 5.85. The summed E-state index contributed by atoms with van der Waals surface area (Å²) in [5, 5.41) is 40.1. The van der Waals surface area contributed by atoms with E-state index in [0.29, 0.717) is 15.9 Å². The van der Waals surface area contributed by atoms with Crippen molar-refractivity contribution in [1.29, 1.82) is 0 Å². The second-order valence-corrected chi connectivity index (χ2v) is 10.6. The minimum atomic E-state index is -1.15. The molecule has 0 atom stereocenters. The SMILES string of the molecule is CCCC[N+]1(CCCC)C=CC=C1C(=O)[O-].C[N+]1(C)C=CC=C1C(=O)[O-].C[n+]1ccccc1C(=O)[O-].O=C(O)c1ccccn1. The second-order valence-electron chi connectivity index (χ2n) is 10.6. The van der Waals surface area contributed by atoms with Crippen molar-refractivity contribution in [3.63, 3.8) is 0 Å². The average Bonchev–Trinajstić information content (AvgIpc) is 3.59. The molecule has 0 spiro atoms. The van der Waals surface area contributed by atoms with Crippen LogP contribution in [0.4, 0.5) is 0 Å². The van der Waals surface area contributed by atoms with Gasteiger partial charge in [-0.3, -0.25) is 8.97 Å². The molecule has 12 nitrogen and oxygen atoms in total. The van der Waals surface area contributed by atoms with E-state index >= 15 is 0 Å². The Morgan fingerprint density at radius 3 is 1.71 bits per heavy atom. The van der Waals surface area contributed by atoms with Crippen molar-refractivity contribution in [1.82, 2.24) is 4.98 Å². The highest BCUT2D eigenvalue weighted by Gasteiger charge is 2.33. The number of aromatic carboxylic acids is 2. The molecule has 12 heteroatoms. The number of quaternary nitrogens is 2. The van der Waals surface area contributed by atoms with E-state index in [9.17, 15) is 34.5 Å². The third kappa shape index (κ3) is 12.3. The molecular weight excluding hydrogens is 580 g/mol. The van der Waals surface area contributed by atoms with Crippen LogP contribution in [0.3, 0.4) is 0 Å². The zero-order valence-electron chi connectivity index (χ0n) is 26.4. The van der Waals surface area contributed by atoms with Crippen LogP contribution in [0.15, 0.2) is 96.9 Å².